The van der Waals surface area contributed by atoms with E-state index in [2.05, 4.69) is 27.8 Å². The molecule has 108 valence electrons. The van der Waals surface area contributed by atoms with Gasteiger partial charge in [0, 0.05) is 23.5 Å². The molecular weight excluding hydrogens is 282 g/mol. The van der Waals surface area contributed by atoms with Gasteiger partial charge in [0.15, 0.2) is 0 Å². The van der Waals surface area contributed by atoms with E-state index in [0.29, 0.717) is 19.5 Å². The lowest BCUT2D eigenvalue weighted by Gasteiger charge is -2.08. The largest absolute Gasteiger partial charge is 0.368 e. The number of rotatable bonds is 5. The van der Waals surface area contributed by atoms with Crippen molar-refractivity contribution in [3.05, 3.63) is 57.8 Å². The number of nitrogens with one attached hydrogen (secondary N) is 2. The normalized spacial score (nSPS) is 12.7. The average molecular weight is 299 g/mol. The number of carbonyl (C=O) groups excluding carboxylic acids is 1. The quantitative estimate of drug-likeness (QED) is 0.829. The Balaban J connectivity index is 1.40. The molecule has 21 heavy (non-hydrogen) atoms. The van der Waals surface area contributed by atoms with Gasteiger partial charge in [-0.05, 0) is 17.0 Å². The third-order valence-electron chi connectivity index (χ3n) is 3.33. The molecule has 2 aromatic rings. The smallest absolute Gasteiger partial charge is 0.225 e. The molecule has 0 aliphatic carbocycles. The molecule has 4 nitrogen and oxygen atoms in total. The molecule has 2 N–H and O–H groups in total. The van der Waals surface area contributed by atoms with Crippen LogP contribution in [0.3, 0.4) is 0 Å². The van der Waals surface area contributed by atoms with Crippen LogP contribution in [0.15, 0.2) is 46.8 Å². The van der Waals surface area contributed by atoms with Crippen molar-refractivity contribution in [3.8, 4) is 0 Å². The number of amides is 1. The Morgan fingerprint density at radius 3 is 2.95 bits per heavy atom. The maximum atomic E-state index is 11.7. The highest BCUT2D eigenvalue weighted by atomic mass is 32.1. The SMILES string of the molecule is O=C(Cc1cccs1)NCCNC1=NCc2ccccc21. The highest BCUT2D eigenvalue weighted by Crippen LogP contribution is 2.16. The first-order valence-corrected chi connectivity index (χ1v) is 7.86. The fourth-order valence-corrected chi connectivity index (χ4v) is 3.01. The van der Waals surface area contributed by atoms with E-state index in [1.54, 1.807) is 11.3 Å². The summed E-state index contributed by atoms with van der Waals surface area (Å²) in [5, 5.41) is 8.19. The summed E-state index contributed by atoms with van der Waals surface area (Å²) in [7, 11) is 0. The van der Waals surface area contributed by atoms with E-state index in [1.165, 1.54) is 11.1 Å². The van der Waals surface area contributed by atoms with Crippen LogP contribution in [0.1, 0.15) is 16.0 Å². The van der Waals surface area contributed by atoms with Crippen LogP contribution in [0.4, 0.5) is 0 Å². The fraction of sp³-hybridized carbons (Fsp3) is 0.250. The minimum absolute atomic E-state index is 0.0630. The number of benzene rings is 1. The van der Waals surface area contributed by atoms with Gasteiger partial charge in [0.25, 0.3) is 0 Å². The number of hydrogen-bond donors (Lipinski definition) is 2. The summed E-state index contributed by atoms with van der Waals surface area (Å²) in [6.45, 7) is 2.03. The Labute approximate surface area is 127 Å². The third-order valence-corrected chi connectivity index (χ3v) is 4.21. The Morgan fingerprint density at radius 1 is 1.19 bits per heavy atom. The lowest BCUT2D eigenvalue weighted by molar-refractivity contribution is -0.120. The lowest BCUT2D eigenvalue weighted by Crippen LogP contribution is -2.35. The predicted molar refractivity (Wildman–Crippen MR) is 85.7 cm³/mol. The zero-order chi connectivity index (χ0) is 14.5. The van der Waals surface area contributed by atoms with Crippen molar-refractivity contribution >= 4 is 23.1 Å². The number of nitrogens with zero attached hydrogens (tertiary/aromatic N) is 1. The van der Waals surface area contributed by atoms with Crippen LogP contribution >= 0.6 is 11.3 Å². The van der Waals surface area contributed by atoms with E-state index in [0.717, 1.165) is 17.3 Å². The van der Waals surface area contributed by atoms with E-state index >= 15 is 0 Å². The van der Waals surface area contributed by atoms with Crippen LogP contribution in [0.25, 0.3) is 0 Å². The monoisotopic (exact) mass is 299 g/mol. The molecule has 2 heterocycles. The molecule has 0 radical (unpaired) electrons. The van der Waals surface area contributed by atoms with Crippen molar-refractivity contribution in [2.45, 2.75) is 13.0 Å². The molecule has 5 heteroatoms. The van der Waals surface area contributed by atoms with Crippen molar-refractivity contribution in [3.63, 3.8) is 0 Å². The molecule has 0 spiro atoms. The summed E-state index contributed by atoms with van der Waals surface area (Å²) in [6.07, 6.45) is 0.460. The average Bonchev–Trinajstić information content (AvgIpc) is 3.13. The van der Waals surface area contributed by atoms with Crippen LogP contribution in [0.5, 0.6) is 0 Å². The second kappa shape index (κ2) is 6.54. The molecule has 0 saturated carbocycles. The number of amidine groups is 1. The molecule has 0 saturated heterocycles. The van der Waals surface area contributed by atoms with E-state index in [9.17, 15) is 4.79 Å². The van der Waals surface area contributed by atoms with Crippen LogP contribution in [-0.2, 0) is 17.8 Å². The maximum Gasteiger partial charge on any atom is 0.225 e. The van der Waals surface area contributed by atoms with Crippen molar-refractivity contribution in [2.75, 3.05) is 13.1 Å². The highest BCUT2D eigenvalue weighted by Gasteiger charge is 2.13. The lowest BCUT2D eigenvalue weighted by atomic mass is 10.1. The molecule has 0 fully saturated rings. The van der Waals surface area contributed by atoms with Gasteiger partial charge >= 0.3 is 0 Å². The predicted octanol–water partition coefficient (Wildman–Crippen LogP) is 1.96. The van der Waals surface area contributed by atoms with E-state index < -0.39 is 0 Å². The van der Waals surface area contributed by atoms with Crippen molar-refractivity contribution in [1.29, 1.82) is 0 Å². The Morgan fingerprint density at radius 2 is 2.10 bits per heavy atom. The first kappa shape index (κ1) is 13.8. The van der Waals surface area contributed by atoms with Gasteiger partial charge in [0.05, 0.1) is 13.0 Å². The second-order valence-electron chi connectivity index (χ2n) is 4.85. The van der Waals surface area contributed by atoms with Gasteiger partial charge in [-0.15, -0.1) is 11.3 Å². The standard InChI is InChI=1S/C16H17N3OS/c20-15(10-13-5-3-9-21-13)17-7-8-18-16-14-6-2-1-4-12(14)11-19-16/h1-6,9H,7-8,10-11H2,(H,17,20)(H,18,19). The van der Waals surface area contributed by atoms with Crippen LogP contribution < -0.4 is 10.6 Å². The van der Waals surface area contributed by atoms with Crippen LogP contribution in [0, 0.1) is 0 Å². The topological polar surface area (TPSA) is 53.5 Å². The third kappa shape index (κ3) is 3.49. The van der Waals surface area contributed by atoms with Gasteiger partial charge in [0.2, 0.25) is 5.91 Å². The fourth-order valence-electron chi connectivity index (χ4n) is 2.31. The molecule has 1 amide bonds. The molecule has 1 aliphatic rings. The number of fused-ring (bicyclic) bond motifs is 1. The Bertz CT molecular complexity index is 649. The van der Waals surface area contributed by atoms with Crippen LogP contribution in [-0.4, -0.2) is 24.8 Å². The molecule has 1 aromatic heterocycles. The van der Waals surface area contributed by atoms with Crippen molar-refractivity contribution in [1.82, 2.24) is 10.6 Å². The molecule has 0 unspecified atom stereocenters. The van der Waals surface area contributed by atoms with Gasteiger partial charge in [0.1, 0.15) is 5.84 Å². The van der Waals surface area contributed by atoms with E-state index in [-0.39, 0.29) is 5.91 Å². The number of aliphatic imine (C=N–C) groups is 1. The maximum absolute atomic E-state index is 11.7. The summed E-state index contributed by atoms with van der Waals surface area (Å²) in [5.41, 5.74) is 2.42. The number of hydrogen-bond acceptors (Lipinski definition) is 4. The minimum Gasteiger partial charge on any atom is -0.368 e. The Hall–Kier alpha value is -2.14. The van der Waals surface area contributed by atoms with Gasteiger partial charge in [-0.1, -0.05) is 30.3 Å². The summed E-state index contributed by atoms with van der Waals surface area (Å²) in [4.78, 5) is 17.3. The minimum atomic E-state index is 0.0630. The van der Waals surface area contributed by atoms with Gasteiger partial charge in [-0.25, -0.2) is 0 Å². The summed E-state index contributed by atoms with van der Waals surface area (Å²) < 4.78 is 0. The first-order valence-electron chi connectivity index (χ1n) is 6.98. The van der Waals surface area contributed by atoms with Gasteiger partial charge in [-0.2, -0.15) is 0 Å². The van der Waals surface area contributed by atoms with Gasteiger partial charge in [-0.3, -0.25) is 9.79 Å². The number of carbonyl (C=O) groups is 1. The zero-order valence-corrected chi connectivity index (χ0v) is 12.5. The zero-order valence-electron chi connectivity index (χ0n) is 11.6. The molecular formula is C16H17N3OS. The van der Waals surface area contributed by atoms with Crippen molar-refractivity contribution < 1.29 is 4.79 Å². The highest BCUT2D eigenvalue weighted by molar-refractivity contribution is 7.10. The van der Waals surface area contributed by atoms with Crippen LogP contribution in [0.2, 0.25) is 0 Å². The summed E-state index contributed by atoms with van der Waals surface area (Å²) in [6, 6.07) is 12.2. The van der Waals surface area contributed by atoms with E-state index in [4.69, 9.17) is 0 Å². The molecule has 1 aromatic carbocycles. The second-order valence-corrected chi connectivity index (χ2v) is 5.89. The number of thiophene rings is 1. The first-order chi connectivity index (χ1) is 10.3. The molecule has 3 rings (SSSR count). The summed E-state index contributed by atoms with van der Waals surface area (Å²) in [5.74, 6) is 0.992. The summed E-state index contributed by atoms with van der Waals surface area (Å²) >= 11 is 1.61. The Kier molecular flexibility index (Phi) is 4.31. The molecule has 0 bridgehead atoms. The van der Waals surface area contributed by atoms with Gasteiger partial charge < -0.3 is 10.6 Å². The van der Waals surface area contributed by atoms with E-state index in [1.807, 2.05) is 29.6 Å². The molecule has 0 atom stereocenters. The van der Waals surface area contributed by atoms with Crippen molar-refractivity contribution in [2.24, 2.45) is 4.99 Å². The molecule has 1 aliphatic heterocycles.